The quantitative estimate of drug-likeness (QED) is 0.470. The largest absolute Gasteiger partial charge is 0.462 e. The van der Waals surface area contributed by atoms with Crippen LogP contribution in [0.2, 0.25) is 0 Å². The molecule has 2 N–H and O–H groups in total. The first-order valence-electron chi connectivity index (χ1n) is 11.1. The van der Waals surface area contributed by atoms with Crippen LogP contribution in [0, 0.1) is 5.92 Å². The summed E-state index contributed by atoms with van der Waals surface area (Å²) in [5.41, 5.74) is 2.91. The zero-order valence-corrected chi connectivity index (χ0v) is 19.5. The summed E-state index contributed by atoms with van der Waals surface area (Å²) in [5.74, 6) is -0.454. The zero-order valence-electron chi connectivity index (χ0n) is 18.6. The molecule has 0 bridgehead atoms. The van der Waals surface area contributed by atoms with E-state index in [-0.39, 0.29) is 18.4 Å². The summed E-state index contributed by atoms with van der Waals surface area (Å²) >= 11 is 1.48. The molecule has 33 heavy (non-hydrogen) atoms. The number of carbonyl (C=O) groups is 3. The van der Waals surface area contributed by atoms with Gasteiger partial charge in [0.15, 0.2) is 0 Å². The molecule has 1 aliphatic rings. The van der Waals surface area contributed by atoms with Gasteiger partial charge in [0, 0.05) is 16.1 Å². The predicted molar refractivity (Wildman–Crippen MR) is 130 cm³/mol. The Morgan fingerprint density at radius 3 is 2.52 bits per heavy atom. The molecule has 0 fully saturated rings. The first-order chi connectivity index (χ1) is 16.0. The van der Waals surface area contributed by atoms with Crippen molar-refractivity contribution in [1.29, 1.82) is 0 Å². The third-order valence-corrected chi connectivity index (χ3v) is 6.80. The van der Waals surface area contributed by atoms with E-state index < -0.39 is 5.97 Å². The van der Waals surface area contributed by atoms with Crippen molar-refractivity contribution >= 4 is 39.8 Å². The Morgan fingerprint density at radius 2 is 1.76 bits per heavy atom. The van der Waals surface area contributed by atoms with Gasteiger partial charge in [-0.3, -0.25) is 9.59 Å². The van der Waals surface area contributed by atoms with E-state index in [1.165, 1.54) is 11.3 Å². The summed E-state index contributed by atoms with van der Waals surface area (Å²) in [6, 6.07) is 15.6. The van der Waals surface area contributed by atoms with Gasteiger partial charge in [-0.15, -0.1) is 11.3 Å². The number of ether oxygens (including phenoxy) is 1. The van der Waals surface area contributed by atoms with Crippen LogP contribution in [0.15, 0.2) is 54.6 Å². The lowest BCUT2D eigenvalue weighted by Crippen LogP contribution is -2.19. The highest BCUT2D eigenvalue weighted by Gasteiger charge is 2.28. The van der Waals surface area contributed by atoms with Crippen LogP contribution in [0.5, 0.6) is 0 Å². The third-order valence-electron chi connectivity index (χ3n) is 5.63. The SMILES string of the molecule is CCOC(=O)c1cccc(NC(=O)c2c(NC(=O)c3ccccc3)sc3c2CCC(C)C3)c1. The average Bonchev–Trinajstić information content (AvgIpc) is 3.16. The van der Waals surface area contributed by atoms with Crippen LogP contribution in [0.4, 0.5) is 10.7 Å². The maximum Gasteiger partial charge on any atom is 0.338 e. The maximum absolute atomic E-state index is 13.4. The number of rotatable bonds is 6. The summed E-state index contributed by atoms with van der Waals surface area (Å²) < 4.78 is 5.05. The molecule has 0 spiro atoms. The Bertz CT molecular complexity index is 1190. The summed E-state index contributed by atoms with van der Waals surface area (Å²) in [4.78, 5) is 39.4. The minimum Gasteiger partial charge on any atom is -0.462 e. The maximum atomic E-state index is 13.4. The van der Waals surface area contributed by atoms with Crippen molar-refractivity contribution in [3.63, 3.8) is 0 Å². The Morgan fingerprint density at radius 1 is 1.00 bits per heavy atom. The molecule has 1 aliphatic carbocycles. The fourth-order valence-corrected chi connectivity index (χ4v) is 5.38. The van der Waals surface area contributed by atoms with Gasteiger partial charge in [-0.25, -0.2) is 4.79 Å². The average molecular weight is 463 g/mol. The highest BCUT2D eigenvalue weighted by atomic mass is 32.1. The van der Waals surface area contributed by atoms with Gasteiger partial charge in [-0.05, 0) is 68.0 Å². The molecular formula is C26H26N2O4S. The molecule has 170 valence electrons. The number of carbonyl (C=O) groups excluding carboxylic acids is 3. The van der Waals surface area contributed by atoms with Crippen LogP contribution in [0.25, 0.3) is 0 Å². The van der Waals surface area contributed by atoms with Gasteiger partial charge in [-0.1, -0.05) is 31.2 Å². The van der Waals surface area contributed by atoms with E-state index in [2.05, 4.69) is 17.6 Å². The number of benzene rings is 2. The minimum atomic E-state index is -0.439. The molecule has 1 unspecified atom stereocenters. The predicted octanol–water partition coefficient (Wildman–Crippen LogP) is 5.55. The van der Waals surface area contributed by atoms with Crippen molar-refractivity contribution in [2.75, 3.05) is 17.2 Å². The molecule has 0 saturated carbocycles. The number of amides is 2. The first-order valence-corrected chi connectivity index (χ1v) is 11.9. The molecule has 1 aromatic heterocycles. The van der Waals surface area contributed by atoms with E-state index in [1.807, 2.05) is 6.07 Å². The lowest BCUT2D eigenvalue weighted by atomic mass is 9.88. The topological polar surface area (TPSA) is 84.5 Å². The Hall–Kier alpha value is -3.45. The van der Waals surface area contributed by atoms with Crippen molar-refractivity contribution in [3.8, 4) is 0 Å². The van der Waals surface area contributed by atoms with Crippen molar-refractivity contribution in [2.24, 2.45) is 5.92 Å². The third kappa shape index (κ3) is 5.14. The van der Waals surface area contributed by atoms with Crippen LogP contribution in [0.1, 0.15) is 61.8 Å². The molecule has 0 aliphatic heterocycles. The van der Waals surface area contributed by atoms with Crippen molar-refractivity contribution in [2.45, 2.75) is 33.1 Å². The van der Waals surface area contributed by atoms with Gasteiger partial charge in [0.1, 0.15) is 5.00 Å². The number of hydrogen-bond donors (Lipinski definition) is 2. The minimum absolute atomic E-state index is 0.249. The molecule has 7 heteroatoms. The number of thiophene rings is 1. The van der Waals surface area contributed by atoms with Gasteiger partial charge in [-0.2, -0.15) is 0 Å². The molecule has 4 rings (SSSR count). The van der Waals surface area contributed by atoms with E-state index in [0.29, 0.717) is 33.3 Å². The molecule has 3 aromatic rings. The molecule has 6 nitrogen and oxygen atoms in total. The molecule has 2 amide bonds. The summed E-state index contributed by atoms with van der Waals surface area (Å²) in [6.07, 6.45) is 2.67. The van der Waals surface area contributed by atoms with Gasteiger partial charge in [0.05, 0.1) is 17.7 Å². The van der Waals surface area contributed by atoms with E-state index in [4.69, 9.17) is 4.74 Å². The second-order valence-electron chi connectivity index (χ2n) is 8.13. The van der Waals surface area contributed by atoms with E-state index in [1.54, 1.807) is 55.5 Å². The molecule has 1 atom stereocenters. The first kappa shape index (κ1) is 22.7. The van der Waals surface area contributed by atoms with Crippen molar-refractivity contribution < 1.29 is 19.1 Å². The van der Waals surface area contributed by atoms with Crippen LogP contribution < -0.4 is 10.6 Å². The molecule has 0 radical (unpaired) electrons. The van der Waals surface area contributed by atoms with Crippen LogP contribution in [0.3, 0.4) is 0 Å². The molecule has 2 aromatic carbocycles. The summed E-state index contributed by atoms with van der Waals surface area (Å²) in [5, 5.41) is 6.42. The molecule has 1 heterocycles. The normalized spacial score (nSPS) is 14.8. The van der Waals surface area contributed by atoms with E-state index in [0.717, 1.165) is 29.7 Å². The highest BCUT2D eigenvalue weighted by Crippen LogP contribution is 2.40. The van der Waals surface area contributed by atoms with Crippen molar-refractivity contribution in [1.82, 2.24) is 0 Å². The van der Waals surface area contributed by atoms with E-state index in [9.17, 15) is 14.4 Å². The fourth-order valence-electron chi connectivity index (χ4n) is 3.98. The van der Waals surface area contributed by atoms with Gasteiger partial charge in [0.2, 0.25) is 0 Å². The summed E-state index contributed by atoms with van der Waals surface area (Å²) in [6.45, 7) is 4.22. The summed E-state index contributed by atoms with van der Waals surface area (Å²) in [7, 11) is 0. The number of fused-ring (bicyclic) bond motifs is 1. The number of esters is 1. The van der Waals surface area contributed by atoms with Crippen molar-refractivity contribution in [3.05, 3.63) is 81.7 Å². The monoisotopic (exact) mass is 462 g/mol. The smallest absolute Gasteiger partial charge is 0.338 e. The second kappa shape index (κ2) is 10.0. The van der Waals surface area contributed by atoms with Gasteiger partial charge < -0.3 is 15.4 Å². The van der Waals surface area contributed by atoms with Crippen LogP contribution in [-0.4, -0.2) is 24.4 Å². The highest BCUT2D eigenvalue weighted by molar-refractivity contribution is 7.17. The van der Waals surface area contributed by atoms with Crippen LogP contribution in [-0.2, 0) is 17.6 Å². The Kier molecular flexibility index (Phi) is 6.89. The fraction of sp³-hybridized carbons (Fsp3) is 0.269. The Labute approximate surface area is 197 Å². The zero-order chi connectivity index (χ0) is 23.4. The van der Waals surface area contributed by atoms with Gasteiger partial charge in [0.25, 0.3) is 11.8 Å². The lowest BCUT2D eigenvalue weighted by molar-refractivity contribution is 0.0526. The molecular weight excluding hydrogens is 436 g/mol. The van der Waals surface area contributed by atoms with E-state index >= 15 is 0 Å². The second-order valence-corrected chi connectivity index (χ2v) is 9.24. The molecule has 0 saturated heterocycles. The van der Waals surface area contributed by atoms with Gasteiger partial charge >= 0.3 is 5.97 Å². The number of nitrogens with one attached hydrogen (secondary N) is 2. The standard InChI is InChI=1S/C26H26N2O4S/c1-3-32-26(31)18-10-7-11-19(15-18)27-24(30)22-20-13-12-16(2)14-21(20)33-25(22)28-23(29)17-8-5-4-6-9-17/h4-11,15-16H,3,12-14H2,1-2H3,(H,27,30)(H,28,29). The lowest BCUT2D eigenvalue weighted by Gasteiger charge is -2.18. The number of hydrogen-bond acceptors (Lipinski definition) is 5. The van der Waals surface area contributed by atoms with Crippen LogP contribution >= 0.6 is 11.3 Å². The Balaban J connectivity index is 1.63. The number of anilines is 2.